The lowest BCUT2D eigenvalue weighted by Crippen LogP contribution is -2.47. The maximum Gasteiger partial charge on any atom is 0.280 e. The molecule has 0 aliphatic carbocycles. The van der Waals surface area contributed by atoms with E-state index >= 15 is 0 Å². The average Bonchev–Trinajstić information content (AvgIpc) is 3.32. The first-order valence-corrected chi connectivity index (χ1v) is 14.9. The van der Waals surface area contributed by atoms with Gasteiger partial charge in [-0.3, -0.25) is 9.52 Å². The Morgan fingerprint density at radius 3 is 2.64 bits per heavy atom. The van der Waals surface area contributed by atoms with Gasteiger partial charge in [0.1, 0.15) is 5.75 Å². The van der Waals surface area contributed by atoms with E-state index < -0.39 is 16.1 Å². The Kier molecular flexibility index (Phi) is 10.8. The Bertz CT molecular complexity index is 1200. The summed E-state index contributed by atoms with van der Waals surface area (Å²) in [7, 11) is 1.69. The summed E-state index contributed by atoms with van der Waals surface area (Å²) in [4.78, 5) is 21.7. The number of imidazole rings is 1. The Labute approximate surface area is 232 Å². The average molecular weight is 566 g/mol. The molecular weight excluding hydrogens is 522 g/mol. The first-order chi connectivity index (χ1) is 18.4. The molecule has 0 fully saturated rings. The highest BCUT2D eigenvalue weighted by Gasteiger charge is 2.30. The van der Waals surface area contributed by atoms with E-state index in [2.05, 4.69) is 14.6 Å². The molecule has 39 heavy (non-hydrogen) atoms. The SMILES string of the molecule is C[C@@H]1CN([C@H](C)CO)C(=O)c2cc(NS(=O)(=O)c3cn(C)cn3)ccc2O[C@@H](C)CCCCO[C@@H]1CN(C)C. The summed E-state index contributed by atoms with van der Waals surface area (Å²) in [5.74, 6) is -0.0122. The normalized spacial score (nSPS) is 22.6. The van der Waals surface area contributed by atoms with Crippen molar-refractivity contribution in [1.29, 1.82) is 0 Å². The minimum absolute atomic E-state index is 0.0255. The molecule has 218 valence electrons. The molecular formula is C27H43N5O6S. The molecule has 0 spiro atoms. The lowest BCUT2D eigenvalue weighted by Gasteiger charge is -2.35. The predicted octanol–water partition coefficient (Wildman–Crippen LogP) is 2.58. The molecule has 0 radical (unpaired) electrons. The van der Waals surface area contributed by atoms with Crippen LogP contribution < -0.4 is 9.46 Å². The van der Waals surface area contributed by atoms with Gasteiger partial charge in [0.15, 0.2) is 5.03 Å². The number of nitrogens with one attached hydrogen (secondary N) is 1. The summed E-state index contributed by atoms with van der Waals surface area (Å²) < 4.78 is 42.4. The van der Waals surface area contributed by atoms with Crippen LogP contribution in [0, 0.1) is 5.92 Å². The zero-order chi connectivity index (χ0) is 28.7. The number of sulfonamides is 1. The molecule has 0 saturated carbocycles. The smallest absolute Gasteiger partial charge is 0.280 e. The Morgan fingerprint density at radius 1 is 1.26 bits per heavy atom. The molecule has 2 N–H and O–H groups in total. The Morgan fingerprint density at radius 2 is 2.00 bits per heavy atom. The van der Waals surface area contributed by atoms with Crippen molar-refractivity contribution in [3.05, 3.63) is 36.3 Å². The minimum Gasteiger partial charge on any atom is -0.490 e. The van der Waals surface area contributed by atoms with Crippen molar-refractivity contribution in [2.24, 2.45) is 13.0 Å². The van der Waals surface area contributed by atoms with E-state index in [1.54, 1.807) is 35.6 Å². The highest BCUT2D eigenvalue weighted by atomic mass is 32.2. The van der Waals surface area contributed by atoms with Crippen LogP contribution in [0.5, 0.6) is 5.75 Å². The van der Waals surface area contributed by atoms with Gasteiger partial charge in [-0.15, -0.1) is 0 Å². The number of aliphatic hydroxyl groups is 1. The van der Waals surface area contributed by atoms with Crippen molar-refractivity contribution in [1.82, 2.24) is 19.4 Å². The van der Waals surface area contributed by atoms with Crippen LogP contribution in [-0.4, -0.2) is 97.4 Å². The van der Waals surface area contributed by atoms with Crippen LogP contribution in [0.3, 0.4) is 0 Å². The Hall–Kier alpha value is -2.67. The molecule has 1 aromatic heterocycles. The number of benzene rings is 1. The van der Waals surface area contributed by atoms with Crippen molar-refractivity contribution in [3.8, 4) is 5.75 Å². The highest BCUT2D eigenvalue weighted by Crippen LogP contribution is 2.29. The number of carbonyl (C=O) groups is 1. The summed E-state index contributed by atoms with van der Waals surface area (Å²) in [6.45, 7) is 7.22. The first-order valence-electron chi connectivity index (χ1n) is 13.4. The van der Waals surface area contributed by atoms with Gasteiger partial charge in [0, 0.05) is 44.5 Å². The number of nitrogens with zero attached hydrogens (tertiary/aromatic N) is 4. The summed E-state index contributed by atoms with van der Waals surface area (Å²) in [5.41, 5.74) is 0.432. The van der Waals surface area contributed by atoms with Gasteiger partial charge in [0.2, 0.25) is 0 Å². The fraction of sp³-hybridized carbons (Fsp3) is 0.630. The van der Waals surface area contributed by atoms with Crippen molar-refractivity contribution < 1.29 is 27.8 Å². The predicted molar refractivity (Wildman–Crippen MR) is 149 cm³/mol. The zero-order valence-corrected chi connectivity index (χ0v) is 24.6. The maximum absolute atomic E-state index is 14.1. The van der Waals surface area contributed by atoms with E-state index in [0.717, 1.165) is 19.3 Å². The number of hydrogen-bond acceptors (Lipinski definition) is 8. The molecule has 0 bridgehead atoms. The van der Waals surface area contributed by atoms with Crippen LogP contribution >= 0.6 is 0 Å². The number of likely N-dealkylation sites (N-methyl/N-ethyl adjacent to an activating group) is 1. The van der Waals surface area contributed by atoms with Crippen LogP contribution in [0.1, 0.15) is 50.4 Å². The molecule has 12 heteroatoms. The molecule has 11 nitrogen and oxygen atoms in total. The molecule has 2 aromatic rings. The summed E-state index contributed by atoms with van der Waals surface area (Å²) in [6.07, 6.45) is 5.10. The van der Waals surface area contributed by atoms with Crippen LogP contribution in [0.2, 0.25) is 0 Å². The molecule has 3 rings (SSSR count). The van der Waals surface area contributed by atoms with Crippen molar-refractivity contribution >= 4 is 21.6 Å². The molecule has 0 unspecified atom stereocenters. The van der Waals surface area contributed by atoms with Crippen LogP contribution in [0.4, 0.5) is 5.69 Å². The molecule has 1 aliphatic rings. The standard InChI is InChI=1S/C27H43N5O6S/c1-19-14-32(20(2)17-33)27(34)23-13-22(29-39(35,36)26-16-31(6)18-28-26)10-11-24(23)38-21(3)9-7-8-12-37-25(19)15-30(4)5/h10-11,13,16,18-21,25,29,33H,7-9,12,14-15,17H2,1-6H3/t19-,20-,21+,25-/m1/s1. The highest BCUT2D eigenvalue weighted by molar-refractivity contribution is 7.92. The fourth-order valence-electron chi connectivity index (χ4n) is 4.54. The molecule has 1 aromatic carbocycles. The number of hydrogen-bond donors (Lipinski definition) is 2. The summed E-state index contributed by atoms with van der Waals surface area (Å²) in [6, 6.07) is 4.21. The number of rotatable bonds is 7. The fourth-order valence-corrected chi connectivity index (χ4v) is 5.58. The molecule has 1 aliphatic heterocycles. The number of aromatic nitrogens is 2. The van der Waals surface area contributed by atoms with Gasteiger partial charge in [-0.2, -0.15) is 8.42 Å². The van der Waals surface area contributed by atoms with E-state index in [1.807, 2.05) is 27.9 Å². The second kappa shape index (κ2) is 13.6. The second-order valence-corrected chi connectivity index (χ2v) is 12.4. The topological polar surface area (TPSA) is 126 Å². The molecule has 1 amide bonds. The van der Waals surface area contributed by atoms with Crippen LogP contribution in [0.25, 0.3) is 0 Å². The maximum atomic E-state index is 14.1. The van der Waals surface area contributed by atoms with Crippen LogP contribution in [-0.2, 0) is 21.8 Å². The number of aliphatic hydroxyl groups excluding tert-OH is 1. The molecule has 2 heterocycles. The number of fused-ring (bicyclic) bond motifs is 1. The van der Waals surface area contributed by atoms with E-state index in [1.165, 1.54) is 18.6 Å². The summed E-state index contributed by atoms with van der Waals surface area (Å²) in [5, 5.41) is 9.91. The van der Waals surface area contributed by atoms with E-state index in [-0.39, 0.29) is 46.9 Å². The van der Waals surface area contributed by atoms with Gasteiger partial charge in [0.25, 0.3) is 15.9 Å². The van der Waals surface area contributed by atoms with Gasteiger partial charge in [0.05, 0.1) is 36.7 Å². The van der Waals surface area contributed by atoms with Crippen LogP contribution in [0.15, 0.2) is 35.7 Å². The van der Waals surface area contributed by atoms with E-state index in [9.17, 15) is 18.3 Å². The van der Waals surface area contributed by atoms with Crippen molar-refractivity contribution in [3.63, 3.8) is 0 Å². The molecule has 0 saturated heterocycles. The van der Waals surface area contributed by atoms with Gasteiger partial charge < -0.3 is 28.9 Å². The number of amides is 1. The number of anilines is 1. The third-order valence-electron chi connectivity index (χ3n) is 6.81. The van der Waals surface area contributed by atoms with Gasteiger partial charge in [-0.1, -0.05) is 6.92 Å². The number of aryl methyl sites for hydroxylation is 1. The zero-order valence-electron chi connectivity index (χ0n) is 23.8. The molecule has 4 atom stereocenters. The lowest BCUT2D eigenvalue weighted by molar-refractivity contribution is -0.0137. The third kappa shape index (κ3) is 8.41. The van der Waals surface area contributed by atoms with Crippen molar-refractivity contribution in [2.75, 3.05) is 45.1 Å². The second-order valence-electron chi connectivity index (χ2n) is 10.8. The Balaban J connectivity index is 2.02. The number of carbonyl (C=O) groups excluding carboxylic acids is 1. The monoisotopic (exact) mass is 565 g/mol. The van der Waals surface area contributed by atoms with Gasteiger partial charge in [-0.25, -0.2) is 4.98 Å². The third-order valence-corrected chi connectivity index (χ3v) is 8.07. The van der Waals surface area contributed by atoms with Crippen molar-refractivity contribution in [2.45, 2.75) is 63.3 Å². The van der Waals surface area contributed by atoms with E-state index in [0.29, 0.717) is 25.4 Å². The van der Waals surface area contributed by atoms with Gasteiger partial charge >= 0.3 is 0 Å². The summed E-state index contributed by atoms with van der Waals surface area (Å²) >= 11 is 0. The number of ether oxygens (including phenoxy) is 2. The van der Waals surface area contributed by atoms with Gasteiger partial charge in [-0.05, 0) is 65.4 Å². The lowest BCUT2D eigenvalue weighted by atomic mass is 10.0. The quantitative estimate of drug-likeness (QED) is 0.525. The largest absolute Gasteiger partial charge is 0.490 e. The van der Waals surface area contributed by atoms with E-state index in [4.69, 9.17) is 9.47 Å². The first kappa shape index (κ1) is 30.9. The minimum atomic E-state index is -3.97.